The molecule has 0 saturated heterocycles. The van der Waals surface area contributed by atoms with Gasteiger partial charge in [-0.15, -0.1) is 0 Å². The van der Waals surface area contributed by atoms with Crippen LogP contribution in [0.15, 0.2) is 23.4 Å². The van der Waals surface area contributed by atoms with E-state index in [-0.39, 0.29) is 18.2 Å². The SMILES string of the molecule is CCNC(=O)Cn1c(SCC(=O)O)nc2cc(F)ccc21. The van der Waals surface area contributed by atoms with Gasteiger partial charge in [0.25, 0.3) is 0 Å². The first-order valence-corrected chi connectivity index (χ1v) is 7.27. The standard InChI is InChI=1S/C13H14FN3O3S/c1-2-15-11(18)6-17-10-4-3-8(14)5-9(10)16-13(17)21-7-12(19)20/h3-5H,2,6-7H2,1H3,(H,15,18)(H,19,20). The van der Waals surface area contributed by atoms with E-state index in [1.165, 1.54) is 18.2 Å². The van der Waals surface area contributed by atoms with Gasteiger partial charge in [-0.05, 0) is 19.1 Å². The lowest BCUT2D eigenvalue weighted by molar-refractivity contribution is -0.133. The summed E-state index contributed by atoms with van der Waals surface area (Å²) in [5.74, 6) is -1.80. The lowest BCUT2D eigenvalue weighted by Gasteiger charge is -2.08. The second kappa shape index (κ2) is 6.57. The normalized spacial score (nSPS) is 10.8. The van der Waals surface area contributed by atoms with Gasteiger partial charge in [-0.2, -0.15) is 0 Å². The Morgan fingerprint density at radius 2 is 2.24 bits per heavy atom. The number of aromatic nitrogens is 2. The molecule has 0 spiro atoms. The highest BCUT2D eigenvalue weighted by atomic mass is 32.2. The quantitative estimate of drug-likeness (QED) is 0.790. The second-order valence-corrected chi connectivity index (χ2v) is 5.19. The Morgan fingerprint density at radius 3 is 2.90 bits per heavy atom. The Bertz CT molecular complexity index is 687. The van der Waals surface area contributed by atoms with Crippen molar-refractivity contribution in [2.24, 2.45) is 0 Å². The molecule has 2 rings (SSSR count). The maximum Gasteiger partial charge on any atom is 0.313 e. The first-order chi connectivity index (χ1) is 10.0. The molecule has 0 bridgehead atoms. The monoisotopic (exact) mass is 311 g/mol. The maximum absolute atomic E-state index is 13.2. The summed E-state index contributed by atoms with van der Waals surface area (Å²) in [7, 11) is 0. The van der Waals surface area contributed by atoms with E-state index in [2.05, 4.69) is 10.3 Å². The number of carboxylic acids is 1. The van der Waals surface area contributed by atoms with Crippen molar-refractivity contribution in [2.75, 3.05) is 12.3 Å². The number of imidazole rings is 1. The van der Waals surface area contributed by atoms with Crippen molar-refractivity contribution < 1.29 is 19.1 Å². The highest BCUT2D eigenvalue weighted by molar-refractivity contribution is 7.99. The minimum absolute atomic E-state index is 0.0118. The van der Waals surface area contributed by atoms with Crippen LogP contribution in [0.25, 0.3) is 11.0 Å². The average Bonchev–Trinajstić information content (AvgIpc) is 2.74. The predicted molar refractivity (Wildman–Crippen MR) is 76.7 cm³/mol. The van der Waals surface area contributed by atoms with Crippen molar-refractivity contribution in [1.29, 1.82) is 0 Å². The molecule has 0 aliphatic rings. The molecular weight excluding hydrogens is 297 g/mol. The van der Waals surface area contributed by atoms with Crippen LogP contribution in [0, 0.1) is 5.82 Å². The Hall–Kier alpha value is -2.09. The van der Waals surface area contributed by atoms with Crippen LogP contribution < -0.4 is 5.32 Å². The average molecular weight is 311 g/mol. The Kier molecular flexibility index (Phi) is 4.79. The number of fused-ring (bicyclic) bond motifs is 1. The lowest BCUT2D eigenvalue weighted by atomic mass is 10.3. The van der Waals surface area contributed by atoms with Gasteiger partial charge >= 0.3 is 5.97 Å². The topological polar surface area (TPSA) is 84.2 Å². The third kappa shape index (κ3) is 3.72. The van der Waals surface area contributed by atoms with Crippen LogP contribution in [-0.4, -0.2) is 38.8 Å². The molecule has 2 aromatic rings. The fourth-order valence-corrected chi connectivity index (χ4v) is 2.60. The number of carbonyl (C=O) groups is 2. The molecule has 0 saturated carbocycles. The molecule has 0 unspecified atom stereocenters. The van der Waals surface area contributed by atoms with Gasteiger partial charge in [0.1, 0.15) is 12.4 Å². The van der Waals surface area contributed by atoms with Gasteiger partial charge in [-0.25, -0.2) is 9.37 Å². The molecule has 0 aliphatic carbocycles. The molecule has 6 nitrogen and oxygen atoms in total. The zero-order valence-electron chi connectivity index (χ0n) is 11.3. The van der Waals surface area contributed by atoms with Crippen LogP contribution in [0.3, 0.4) is 0 Å². The molecule has 2 N–H and O–H groups in total. The molecule has 0 atom stereocenters. The van der Waals surface area contributed by atoms with Crippen molar-refractivity contribution in [1.82, 2.24) is 14.9 Å². The molecule has 112 valence electrons. The summed E-state index contributed by atoms with van der Waals surface area (Å²) in [5.41, 5.74) is 0.989. The third-order valence-corrected chi connectivity index (χ3v) is 3.64. The number of likely N-dealkylation sites (N-methyl/N-ethyl adjacent to an activating group) is 1. The van der Waals surface area contributed by atoms with Crippen molar-refractivity contribution in [3.05, 3.63) is 24.0 Å². The summed E-state index contributed by atoms with van der Waals surface area (Å²) < 4.78 is 14.8. The van der Waals surface area contributed by atoms with E-state index >= 15 is 0 Å². The largest absolute Gasteiger partial charge is 0.481 e. The molecule has 8 heteroatoms. The number of hydrogen-bond donors (Lipinski definition) is 2. The number of nitrogens with zero attached hydrogens (tertiary/aromatic N) is 2. The number of carboxylic acid groups (broad SMARTS) is 1. The number of carbonyl (C=O) groups excluding carboxylic acids is 1. The smallest absolute Gasteiger partial charge is 0.313 e. The van der Waals surface area contributed by atoms with Gasteiger partial charge in [0.2, 0.25) is 5.91 Å². The van der Waals surface area contributed by atoms with Crippen LogP contribution in [-0.2, 0) is 16.1 Å². The van der Waals surface area contributed by atoms with Crippen molar-refractivity contribution in [2.45, 2.75) is 18.6 Å². The van der Waals surface area contributed by atoms with Crippen molar-refractivity contribution in [3.63, 3.8) is 0 Å². The lowest BCUT2D eigenvalue weighted by Crippen LogP contribution is -2.27. The summed E-state index contributed by atoms with van der Waals surface area (Å²) >= 11 is 0.997. The van der Waals surface area contributed by atoms with Crippen LogP contribution in [0.1, 0.15) is 6.92 Å². The first-order valence-electron chi connectivity index (χ1n) is 6.28. The number of aliphatic carboxylic acids is 1. The van der Waals surface area contributed by atoms with Gasteiger partial charge in [0.05, 0.1) is 16.8 Å². The molecule has 21 heavy (non-hydrogen) atoms. The minimum Gasteiger partial charge on any atom is -0.481 e. The Morgan fingerprint density at radius 1 is 1.48 bits per heavy atom. The zero-order valence-corrected chi connectivity index (χ0v) is 12.1. The summed E-state index contributed by atoms with van der Waals surface area (Å²) in [6, 6.07) is 4.07. The highest BCUT2D eigenvalue weighted by Crippen LogP contribution is 2.24. The maximum atomic E-state index is 13.2. The number of thioether (sulfide) groups is 1. The van der Waals surface area contributed by atoms with E-state index < -0.39 is 11.8 Å². The van der Waals surface area contributed by atoms with Crippen molar-refractivity contribution >= 4 is 34.7 Å². The molecule has 0 fully saturated rings. The summed E-state index contributed by atoms with van der Waals surface area (Å²) in [5, 5.41) is 11.8. The van der Waals surface area contributed by atoms with Gasteiger partial charge in [0, 0.05) is 12.6 Å². The Balaban J connectivity index is 2.39. The summed E-state index contributed by atoms with van der Waals surface area (Å²) in [6.07, 6.45) is 0. The molecule has 0 radical (unpaired) electrons. The van der Waals surface area contributed by atoms with E-state index in [1.807, 2.05) is 0 Å². The van der Waals surface area contributed by atoms with Crippen LogP contribution in [0.4, 0.5) is 4.39 Å². The second-order valence-electron chi connectivity index (χ2n) is 4.25. The molecule has 1 amide bonds. The number of hydrogen-bond acceptors (Lipinski definition) is 4. The predicted octanol–water partition coefficient (Wildman–Crippen LogP) is 1.49. The first kappa shape index (κ1) is 15.3. The number of amides is 1. The fraction of sp³-hybridized carbons (Fsp3) is 0.308. The van der Waals surface area contributed by atoms with Crippen LogP contribution in [0.5, 0.6) is 0 Å². The van der Waals surface area contributed by atoms with E-state index in [0.717, 1.165) is 11.8 Å². The number of rotatable bonds is 6. The molecule has 1 heterocycles. The minimum atomic E-state index is -0.984. The van der Waals surface area contributed by atoms with Gasteiger partial charge in [0.15, 0.2) is 5.16 Å². The Labute approximate surface area is 124 Å². The zero-order chi connectivity index (χ0) is 15.4. The molecule has 0 aliphatic heterocycles. The summed E-state index contributed by atoms with van der Waals surface area (Å²) in [4.78, 5) is 26.6. The van der Waals surface area contributed by atoms with E-state index in [9.17, 15) is 14.0 Å². The van der Waals surface area contributed by atoms with Crippen molar-refractivity contribution in [3.8, 4) is 0 Å². The molecule has 1 aromatic heterocycles. The van der Waals surface area contributed by atoms with Gasteiger partial charge < -0.3 is 15.0 Å². The van der Waals surface area contributed by atoms with E-state index in [1.54, 1.807) is 11.5 Å². The van der Waals surface area contributed by atoms with Crippen LogP contribution in [0.2, 0.25) is 0 Å². The van der Waals surface area contributed by atoms with E-state index in [0.29, 0.717) is 22.7 Å². The van der Waals surface area contributed by atoms with Gasteiger partial charge in [-0.3, -0.25) is 9.59 Å². The number of benzene rings is 1. The highest BCUT2D eigenvalue weighted by Gasteiger charge is 2.15. The molecule has 1 aromatic carbocycles. The van der Waals surface area contributed by atoms with Gasteiger partial charge in [-0.1, -0.05) is 11.8 Å². The summed E-state index contributed by atoms with van der Waals surface area (Å²) in [6.45, 7) is 2.31. The van der Waals surface area contributed by atoms with E-state index in [4.69, 9.17) is 5.11 Å². The van der Waals surface area contributed by atoms with Crippen LogP contribution >= 0.6 is 11.8 Å². The molecular formula is C13H14FN3O3S. The third-order valence-electron chi connectivity index (χ3n) is 2.68. The number of nitrogens with one attached hydrogen (secondary N) is 1. The number of halogens is 1. The fourth-order valence-electron chi connectivity index (χ4n) is 1.87.